The predicted molar refractivity (Wildman–Crippen MR) is 96.9 cm³/mol. The molecule has 0 fully saturated rings. The first-order chi connectivity index (χ1) is 12.0. The summed E-state index contributed by atoms with van der Waals surface area (Å²) in [6, 6.07) is 16.6. The van der Waals surface area contributed by atoms with E-state index >= 15 is 0 Å². The number of hydrogen-bond acceptors (Lipinski definition) is 3. The lowest BCUT2D eigenvalue weighted by molar-refractivity contribution is -0.129. The van der Waals surface area contributed by atoms with Crippen molar-refractivity contribution in [1.82, 2.24) is 5.32 Å². The van der Waals surface area contributed by atoms with E-state index in [1.165, 1.54) is 0 Å². The van der Waals surface area contributed by atoms with Gasteiger partial charge in [0.05, 0.1) is 0 Å². The molecule has 0 aliphatic carbocycles. The number of nitrogens with two attached hydrogens (primary N) is 1. The average molecular weight is 340 g/mol. The zero-order valence-corrected chi connectivity index (χ0v) is 14.6. The van der Waals surface area contributed by atoms with E-state index in [0.29, 0.717) is 13.0 Å². The number of carbonyl (C=O) groups excluding carboxylic acids is 2. The molecule has 0 radical (unpaired) electrons. The van der Waals surface area contributed by atoms with Crippen LogP contribution in [0.2, 0.25) is 0 Å². The molecule has 0 aliphatic rings. The van der Waals surface area contributed by atoms with Crippen LogP contribution >= 0.6 is 0 Å². The largest absolute Gasteiger partial charge is 0.489 e. The molecule has 0 heterocycles. The van der Waals surface area contributed by atoms with Gasteiger partial charge >= 0.3 is 0 Å². The summed E-state index contributed by atoms with van der Waals surface area (Å²) in [6.45, 7) is 4.03. The van der Waals surface area contributed by atoms with Gasteiger partial charge in [0.2, 0.25) is 11.8 Å². The smallest absolute Gasteiger partial charge is 0.240 e. The fourth-order valence-corrected chi connectivity index (χ4v) is 2.26. The molecule has 5 heteroatoms. The quantitative estimate of drug-likeness (QED) is 0.774. The Morgan fingerprint density at radius 3 is 2.20 bits per heavy atom. The van der Waals surface area contributed by atoms with Gasteiger partial charge in [0.25, 0.3) is 0 Å². The van der Waals surface area contributed by atoms with E-state index in [4.69, 9.17) is 10.5 Å². The van der Waals surface area contributed by atoms with Crippen LogP contribution in [0.15, 0.2) is 54.6 Å². The lowest BCUT2D eigenvalue weighted by Crippen LogP contribution is -2.47. The molecule has 0 saturated heterocycles. The van der Waals surface area contributed by atoms with Crippen LogP contribution < -0.4 is 15.8 Å². The zero-order chi connectivity index (χ0) is 18.2. The van der Waals surface area contributed by atoms with E-state index in [0.717, 1.165) is 16.9 Å². The Bertz CT molecular complexity index is 697. The summed E-state index contributed by atoms with van der Waals surface area (Å²) in [4.78, 5) is 23.4. The highest BCUT2D eigenvalue weighted by Crippen LogP contribution is 2.15. The summed E-state index contributed by atoms with van der Waals surface area (Å²) >= 11 is 0. The second-order valence-electron chi connectivity index (χ2n) is 6.24. The molecule has 2 aromatic carbocycles. The maximum Gasteiger partial charge on any atom is 0.240 e. The number of benzene rings is 2. The van der Waals surface area contributed by atoms with Crippen LogP contribution in [0.5, 0.6) is 5.75 Å². The van der Waals surface area contributed by atoms with Crippen LogP contribution in [0.25, 0.3) is 0 Å². The number of primary amides is 1. The molecular formula is C20H24N2O3. The van der Waals surface area contributed by atoms with E-state index in [-0.39, 0.29) is 11.8 Å². The van der Waals surface area contributed by atoms with Crippen molar-refractivity contribution in [3.05, 3.63) is 65.7 Å². The summed E-state index contributed by atoms with van der Waals surface area (Å²) in [5.74, 6) is -0.185. The Morgan fingerprint density at radius 1 is 1.00 bits per heavy atom. The summed E-state index contributed by atoms with van der Waals surface area (Å²) in [7, 11) is 0. The number of carbonyl (C=O) groups is 2. The molecule has 0 bridgehead atoms. The second-order valence-corrected chi connectivity index (χ2v) is 6.24. The van der Waals surface area contributed by atoms with Gasteiger partial charge in [-0.3, -0.25) is 9.59 Å². The van der Waals surface area contributed by atoms with E-state index in [2.05, 4.69) is 5.32 Å². The van der Waals surface area contributed by atoms with Gasteiger partial charge in [0, 0.05) is 12.3 Å². The van der Waals surface area contributed by atoms with Crippen LogP contribution in [0.3, 0.4) is 0 Å². The lowest BCUT2D eigenvalue weighted by atomic mass is 10.0. The van der Waals surface area contributed by atoms with Crippen molar-refractivity contribution in [2.45, 2.75) is 32.9 Å². The van der Waals surface area contributed by atoms with Gasteiger partial charge in [0.1, 0.15) is 18.4 Å². The number of nitrogens with one attached hydrogen (secondary N) is 1. The van der Waals surface area contributed by atoms with Gasteiger partial charge in [-0.1, -0.05) is 56.3 Å². The molecule has 0 saturated carbocycles. The molecule has 2 amide bonds. The van der Waals surface area contributed by atoms with Gasteiger partial charge in [0.15, 0.2) is 0 Å². The average Bonchev–Trinajstić information content (AvgIpc) is 2.61. The van der Waals surface area contributed by atoms with Crippen LogP contribution in [0.4, 0.5) is 0 Å². The summed E-state index contributed by atoms with van der Waals surface area (Å²) in [5, 5.41) is 2.68. The third-order valence-electron chi connectivity index (χ3n) is 3.80. The minimum Gasteiger partial charge on any atom is -0.489 e. The first-order valence-electron chi connectivity index (χ1n) is 8.31. The van der Waals surface area contributed by atoms with Gasteiger partial charge in [-0.2, -0.15) is 0 Å². The molecule has 132 valence electrons. The highest BCUT2D eigenvalue weighted by atomic mass is 16.5. The van der Waals surface area contributed by atoms with Gasteiger partial charge in [-0.05, 0) is 23.3 Å². The molecule has 0 aromatic heterocycles. The zero-order valence-electron chi connectivity index (χ0n) is 14.6. The Morgan fingerprint density at radius 2 is 1.64 bits per heavy atom. The number of amides is 2. The third-order valence-corrected chi connectivity index (χ3v) is 3.80. The Balaban J connectivity index is 1.93. The van der Waals surface area contributed by atoms with Crippen molar-refractivity contribution >= 4 is 11.8 Å². The molecule has 1 atom stereocenters. The summed E-state index contributed by atoms with van der Waals surface area (Å²) < 4.78 is 5.73. The molecule has 0 unspecified atom stereocenters. The Kier molecular flexibility index (Phi) is 6.57. The van der Waals surface area contributed by atoms with Crippen molar-refractivity contribution in [3.63, 3.8) is 0 Å². The molecule has 25 heavy (non-hydrogen) atoms. The van der Waals surface area contributed by atoms with E-state index < -0.39 is 11.9 Å². The SMILES string of the molecule is CC(C)C(=O)N[C@@H](Cc1ccc(OCc2ccccc2)cc1)C(N)=O. The van der Waals surface area contributed by atoms with Crippen molar-refractivity contribution in [2.24, 2.45) is 11.7 Å². The van der Waals surface area contributed by atoms with Crippen LogP contribution in [0.1, 0.15) is 25.0 Å². The molecule has 2 aromatic rings. The predicted octanol–water partition coefficient (Wildman–Crippen LogP) is 2.43. The highest BCUT2D eigenvalue weighted by molar-refractivity contribution is 5.87. The Hall–Kier alpha value is -2.82. The van der Waals surface area contributed by atoms with Gasteiger partial charge in [-0.25, -0.2) is 0 Å². The number of rotatable bonds is 8. The molecular weight excluding hydrogens is 316 g/mol. The molecule has 2 rings (SSSR count). The van der Waals surface area contributed by atoms with E-state index in [1.54, 1.807) is 13.8 Å². The maximum absolute atomic E-state index is 11.8. The molecule has 5 nitrogen and oxygen atoms in total. The minimum atomic E-state index is -0.717. The topological polar surface area (TPSA) is 81.4 Å². The normalized spacial score (nSPS) is 11.8. The monoisotopic (exact) mass is 340 g/mol. The van der Waals surface area contributed by atoms with Crippen molar-refractivity contribution in [1.29, 1.82) is 0 Å². The summed E-state index contributed by atoms with van der Waals surface area (Å²) in [5.41, 5.74) is 7.39. The number of ether oxygens (including phenoxy) is 1. The van der Waals surface area contributed by atoms with Crippen LogP contribution in [-0.4, -0.2) is 17.9 Å². The third kappa shape index (κ3) is 5.95. The Labute approximate surface area is 148 Å². The van der Waals surface area contributed by atoms with Crippen LogP contribution in [-0.2, 0) is 22.6 Å². The van der Waals surface area contributed by atoms with Crippen molar-refractivity contribution in [3.8, 4) is 5.75 Å². The van der Waals surface area contributed by atoms with Gasteiger partial charge in [-0.15, -0.1) is 0 Å². The second kappa shape index (κ2) is 8.87. The first-order valence-corrected chi connectivity index (χ1v) is 8.31. The van der Waals surface area contributed by atoms with Crippen molar-refractivity contribution < 1.29 is 14.3 Å². The van der Waals surface area contributed by atoms with Crippen molar-refractivity contribution in [2.75, 3.05) is 0 Å². The lowest BCUT2D eigenvalue weighted by Gasteiger charge is -2.17. The molecule has 0 aliphatic heterocycles. The summed E-state index contributed by atoms with van der Waals surface area (Å²) in [6.07, 6.45) is 0.354. The van der Waals surface area contributed by atoms with E-state index in [9.17, 15) is 9.59 Å². The first kappa shape index (κ1) is 18.5. The van der Waals surface area contributed by atoms with Crippen LogP contribution in [0, 0.1) is 5.92 Å². The molecule has 3 N–H and O–H groups in total. The fourth-order valence-electron chi connectivity index (χ4n) is 2.26. The fraction of sp³-hybridized carbons (Fsp3) is 0.300. The standard InChI is InChI=1S/C20H24N2O3/c1-14(2)20(24)22-18(19(21)23)12-15-8-10-17(11-9-15)25-13-16-6-4-3-5-7-16/h3-11,14,18H,12-13H2,1-2H3,(H2,21,23)(H,22,24)/t18-/m0/s1. The minimum absolute atomic E-state index is 0.188. The van der Waals surface area contributed by atoms with Gasteiger partial charge < -0.3 is 15.8 Å². The van der Waals surface area contributed by atoms with E-state index in [1.807, 2.05) is 54.6 Å². The highest BCUT2D eigenvalue weighted by Gasteiger charge is 2.20. The molecule has 0 spiro atoms. The number of hydrogen-bond donors (Lipinski definition) is 2. The maximum atomic E-state index is 11.8.